The largest absolute Gasteiger partial charge is 0.573 e. The summed E-state index contributed by atoms with van der Waals surface area (Å²) in [6.07, 6.45) is -1.40. The number of carbonyl (C=O) groups excluding carboxylic acids is 1. The third-order valence-electron chi connectivity index (χ3n) is 4.66. The number of hydrogen-bond acceptors (Lipinski definition) is 4. The molecule has 0 radical (unpaired) electrons. The molecule has 8 heteroatoms. The lowest BCUT2D eigenvalue weighted by Gasteiger charge is -2.20. The van der Waals surface area contributed by atoms with E-state index >= 15 is 0 Å². The molecule has 1 amide bonds. The molecule has 1 aliphatic heterocycles. The number of pyridine rings is 1. The highest BCUT2D eigenvalue weighted by Crippen LogP contribution is 2.31. The highest BCUT2D eigenvalue weighted by atomic mass is 19.4. The maximum absolute atomic E-state index is 13.1. The SMILES string of the molecule is O=C1c2cc(-c3ccc(OC(F)(F)F)cc3)ccc2OCCN1Cc1ccncc1. The Kier molecular flexibility index (Phi) is 5.31. The van der Waals surface area contributed by atoms with Crippen LogP contribution < -0.4 is 9.47 Å². The average molecular weight is 414 g/mol. The minimum Gasteiger partial charge on any atom is -0.491 e. The van der Waals surface area contributed by atoms with Crippen LogP contribution in [0.4, 0.5) is 13.2 Å². The van der Waals surface area contributed by atoms with Crippen LogP contribution in [0.25, 0.3) is 11.1 Å². The van der Waals surface area contributed by atoms with Crippen LogP contribution in [0.3, 0.4) is 0 Å². The summed E-state index contributed by atoms with van der Waals surface area (Å²) in [5, 5.41) is 0. The van der Waals surface area contributed by atoms with Gasteiger partial charge in [0.2, 0.25) is 0 Å². The van der Waals surface area contributed by atoms with Crippen LogP contribution in [0.1, 0.15) is 15.9 Å². The highest BCUT2D eigenvalue weighted by molar-refractivity contribution is 5.98. The molecule has 2 aromatic carbocycles. The molecule has 154 valence electrons. The van der Waals surface area contributed by atoms with Gasteiger partial charge in [-0.15, -0.1) is 13.2 Å². The van der Waals surface area contributed by atoms with Gasteiger partial charge in [0, 0.05) is 18.9 Å². The number of ether oxygens (including phenoxy) is 2. The molecule has 0 aliphatic carbocycles. The molecule has 0 bridgehead atoms. The lowest BCUT2D eigenvalue weighted by atomic mass is 10.0. The van der Waals surface area contributed by atoms with E-state index in [0.29, 0.717) is 42.1 Å². The Morgan fingerprint density at radius 3 is 2.40 bits per heavy atom. The van der Waals surface area contributed by atoms with Gasteiger partial charge in [0.05, 0.1) is 12.1 Å². The van der Waals surface area contributed by atoms with Crippen molar-refractivity contribution in [2.45, 2.75) is 12.9 Å². The summed E-state index contributed by atoms with van der Waals surface area (Å²) < 4.78 is 46.7. The van der Waals surface area contributed by atoms with Crippen molar-refractivity contribution in [3.63, 3.8) is 0 Å². The summed E-state index contributed by atoms with van der Waals surface area (Å²) in [4.78, 5) is 18.8. The summed E-state index contributed by atoms with van der Waals surface area (Å²) in [7, 11) is 0. The normalized spacial score (nSPS) is 14.0. The van der Waals surface area contributed by atoms with Crippen molar-refractivity contribution in [1.29, 1.82) is 0 Å². The third kappa shape index (κ3) is 4.53. The van der Waals surface area contributed by atoms with E-state index in [9.17, 15) is 18.0 Å². The van der Waals surface area contributed by atoms with E-state index in [4.69, 9.17) is 4.74 Å². The predicted octanol–water partition coefficient (Wildman–Crippen LogP) is 4.68. The molecule has 5 nitrogen and oxygen atoms in total. The van der Waals surface area contributed by atoms with Gasteiger partial charge >= 0.3 is 6.36 Å². The first-order valence-corrected chi connectivity index (χ1v) is 9.20. The molecule has 1 aromatic heterocycles. The third-order valence-corrected chi connectivity index (χ3v) is 4.66. The standard InChI is InChI=1S/C22H17F3N2O3/c23-22(24,25)30-18-4-1-16(2-5-18)17-3-6-20-19(13-17)21(28)27(11-12-29-20)14-15-7-9-26-10-8-15/h1-10,13H,11-12,14H2. The van der Waals surface area contributed by atoms with Gasteiger partial charge in [0.25, 0.3) is 5.91 Å². The molecule has 2 heterocycles. The Bertz CT molecular complexity index is 1040. The van der Waals surface area contributed by atoms with Crippen molar-refractivity contribution in [1.82, 2.24) is 9.88 Å². The molecule has 0 unspecified atom stereocenters. The maximum Gasteiger partial charge on any atom is 0.573 e. The minimum absolute atomic E-state index is 0.168. The van der Waals surface area contributed by atoms with Crippen LogP contribution >= 0.6 is 0 Å². The van der Waals surface area contributed by atoms with E-state index in [1.165, 1.54) is 24.3 Å². The van der Waals surface area contributed by atoms with E-state index in [1.807, 2.05) is 12.1 Å². The number of hydrogen-bond donors (Lipinski definition) is 0. The Labute approximate surface area is 170 Å². The predicted molar refractivity (Wildman–Crippen MR) is 103 cm³/mol. The van der Waals surface area contributed by atoms with E-state index in [2.05, 4.69) is 9.72 Å². The Morgan fingerprint density at radius 1 is 1.00 bits per heavy atom. The molecule has 0 saturated carbocycles. The number of amides is 1. The van der Waals surface area contributed by atoms with Gasteiger partial charge in [-0.25, -0.2) is 0 Å². The van der Waals surface area contributed by atoms with Gasteiger partial charge in [-0.2, -0.15) is 0 Å². The first kappa shape index (κ1) is 19.8. The van der Waals surface area contributed by atoms with Crippen LogP contribution in [0.2, 0.25) is 0 Å². The zero-order valence-corrected chi connectivity index (χ0v) is 15.7. The molecule has 0 spiro atoms. The minimum atomic E-state index is -4.74. The van der Waals surface area contributed by atoms with Gasteiger partial charge in [-0.05, 0) is 53.1 Å². The Balaban J connectivity index is 1.59. The first-order chi connectivity index (χ1) is 14.4. The average Bonchev–Trinajstić information content (AvgIpc) is 2.87. The molecule has 0 saturated heterocycles. The summed E-state index contributed by atoms with van der Waals surface area (Å²) in [5.41, 5.74) is 2.72. The summed E-state index contributed by atoms with van der Waals surface area (Å²) in [5.74, 6) is 0.0140. The molecule has 0 N–H and O–H groups in total. The molecule has 30 heavy (non-hydrogen) atoms. The van der Waals surface area contributed by atoms with Crippen LogP contribution in [0.15, 0.2) is 67.0 Å². The molecule has 3 aromatic rings. The Hall–Kier alpha value is -3.55. The van der Waals surface area contributed by atoms with Crippen LogP contribution in [-0.2, 0) is 6.54 Å². The second-order valence-corrected chi connectivity index (χ2v) is 6.71. The van der Waals surface area contributed by atoms with Crippen molar-refractivity contribution in [2.24, 2.45) is 0 Å². The molecular weight excluding hydrogens is 397 g/mol. The van der Waals surface area contributed by atoms with Crippen molar-refractivity contribution >= 4 is 5.91 Å². The second kappa shape index (κ2) is 8.06. The quantitative estimate of drug-likeness (QED) is 0.622. The van der Waals surface area contributed by atoms with Crippen molar-refractivity contribution in [3.05, 3.63) is 78.1 Å². The van der Waals surface area contributed by atoms with Crippen LogP contribution in [0.5, 0.6) is 11.5 Å². The Morgan fingerprint density at radius 2 is 1.70 bits per heavy atom. The highest BCUT2D eigenvalue weighted by Gasteiger charge is 2.31. The van der Waals surface area contributed by atoms with Gasteiger partial charge < -0.3 is 14.4 Å². The number of fused-ring (bicyclic) bond motifs is 1. The summed E-state index contributed by atoms with van der Waals surface area (Å²) >= 11 is 0. The van der Waals surface area contributed by atoms with E-state index < -0.39 is 6.36 Å². The first-order valence-electron chi connectivity index (χ1n) is 9.20. The summed E-state index contributed by atoms with van der Waals surface area (Å²) in [6.45, 7) is 1.24. The molecule has 1 aliphatic rings. The fourth-order valence-electron chi connectivity index (χ4n) is 3.25. The summed E-state index contributed by atoms with van der Waals surface area (Å²) in [6, 6.07) is 14.4. The number of aromatic nitrogens is 1. The number of alkyl halides is 3. The second-order valence-electron chi connectivity index (χ2n) is 6.71. The maximum atomic E-state index is 13.1. The van der Waals surface area contributed by atoms with E-state index in [-0.39, 0.29) is 11.7 Å². The number of carbonyl (C=O) groups is 1. The topological polar surface area (TPSA) is 51.7 Å². The lowest BCUT2D eigenvalue weighted by Crippen LogP contribution is -2.31. The van der Waals surface area contributed by atoms with E-state index in [0.717, 1.165) is 5.56 Å². The van der Waals surface area contributed by atoms with Gasteiger partial charge in [-0.1, -0.05) is 18.2 Å². The van der Waals surface area contributed by atoms with Crippen LogP contribution in [0, 0.1) is 0 Å². The fourth-order valence-corrected chi connectivity index (χ4v) is 3.25. The van der Waals surface area contributed by atoms with Crippen molar-refractivity contribution in [3.8, 4) is 22.6 Å². The van der Waals surface area contributed by atoms with Gasteiger partial charge in [-0.3, -0.25) is 9.78 Å². The molecule has 4 rings (SSSR count). The number of halogens is 3. The fraction of sp³-hybridized carbons (Fsp3) is 0.182. The smallest absolute Gasteiger partial charge is 0.491 e. The van der Waals surface area contributed by atoms with Crippen molar-refractivity contribution in [2.75, 3.05) is 13.2 Å². The monoisotopic (exact) mass is 414 g/mol. The molecular formula is C22H17F3N2O3. The molecule has 0 atom stereocenters. The molecule has 0 fully saturated rings. The number of rotatable bonds is 4. The number of nitrogens with zero attached hydrogens (tertiary/aromatic N) is 2. The lowest BCUT2D eigenvalue weighted by molar-refractivity contribution is -0.274. The van der Waals surface area contributed by atoms with E-state index in [1.54, 1.807) is 35.5 Å². The van der Waals surface area contributed by atoms with Crippen molar-refractivity contribution < 1.29 is 27.4 Å². The van der Waals surface area contributed by atoms with Gasteiger partial charge in [0.15, 0.2) is 0 Å². The zero-order chi connectivity index (χ0) is 21.1. The zero-order valence-electron chi connectivity index (χ0n) is 15.7. The van der Waals surface area contributed by atoms with Crippen LogP contribution in [-0.4, -0.2) is 35.3 Å². The number of benzene rings is 2. The van der Waals surface area contributed by atoms with Gasteiger partial charge in [0.1, 0.15) is 18.1 Å².